The normalized spacial score (nSPS) is 9.83. The van der Waals surface area contributed by atoms with E-state index in [0.29, 0.717) is 0 Å². The first-order chi connectivity index (χ1) is 19.2. The number of benzene rings is 4. The summed E-state index contributed by atoms with van der Waals surface area (Å²) in [5.41, 5.74) is 11.4. The van der Waals surface area contributed by atoms with Gasteiger partial charge in [0.15, 0.2) is 0 Å². The van der Waals surface area contributed by atoms with Crippen LogP contribution in [-0.2, 0) is 41.6 Å². The zero-order chi connectivity index (χ0) is 29.7. The molecule has 4 nitrogen and oxygen atoms in total. The third-order valence-corrected chi connectivity index (χ3v) is 5.96. The van der Waals surface area contributed by atoms with Crippen LogP contribution in [0, 0.1) is 27.0 Å². The standard InChI is InChI=1S/2C13H9.2C4H6O2.2CH3.H2Si.Ti/c2*1-3-7-12-10(5-1)9-11-6-2-4-8-13(11)12;2*1-3(2)4(5)6;;;;/h2*1-5,7-8H,9H2;2*1H2,2H3,(H,5,6);2*1H3;1H2;/q2*-1;;;2*-1;;. The van der Waals surface area contributed by atoms with Gasteiger partial charge in [0.1, 0.15) is 0 Å². The average molecular weight is 611 g/mol. The third-order valence-electron chi connectivity index (χ3n) is 5.96. The zero-order valence-corrected chi connectivity index (χ0v) is 27.8. The fourth-order valence-corrected chi connectivity index (χ4v) is 4.00. The Bertz CT molecular complexity index is 1290. The molecule has 4 aromatic rings. The summed E-state index contributed by atoms with van der Waals surface area (Å²) >= 11 is 2.03. The molecule has 42 heavy (non-hydrogen) atoms. The van der Waals surface area contributed by atoms with Crippen molar-refractivity contribution < 1.29 is 39.0 Å². The van der Waals surface area contributed by atoms with Gasteiger partial charge in [-0.15, -0.1) is 11.1 Å². The fourth-order valence-electron chi connectivity index (χ4n) is 4.00. The number of hydrogen-bond donors (Lipinski definition) is 2. The maximum absolute atomic E-state index is 9.60. The molecule has 0 saturated carbocycles. The second-order valence-corrected chi connectivity index (χ2v) is 8.96. The maximum Gasteiger partial charge on any atom is -0.0253 e. The molecule has 0 amide bonds. The van der Waals surface area contributed by atoms with Crippen LogP contribution in [0.5, 0.6) is 0 Å². The van der Waals surface area contributed by atoms with Gasteiger partial charge in [-0.25, -0.2) is 9.59 Å². The molecule has 0 aromatic heterocycles. The smallest absolute Gasteiger partial charge is 0.0253 e. The molecule has 218 valence electrons. The minimum Gasteiger partial charge on any atom is -0.179 e. The number of carboxylic acid groups (broad SMARTS) is 2. The van der Waals surface area contributed by atoms with Gasteiger partial charge in [-0.1, -0.05) is 83.9 Å². The summed E-state index contributed by atoms with van der Waals surface area (Å²) in [5, 5.41) is 15.8. The Labute approximate surface area is 264 Å². The molecule has 0 saturated heterocycles. The topological polar surface area (TPSA) is 74.6 Å². The molecule has 6 rings (SSSR count). The molecule has 2 aliphatic rings. The van der Waals surface area contributed by atoms with Gasteiger partial charge in [0.25, 0.3) is 0 Å². The quantitative estimate of drug-likeness (QED) is 0.122. The van der Waals surface area contributed by atoms with E-state index in [2.05, 4.69) is 98.1 Å². The average Bonchev–Trinajstić information content (AvgIpc) is 3.53. The predicted molar refractivity (Wildman–Crippen MR) is 173 cm³/mol. The predicted octanol–water partition coefficient (Wildman–Crippen LogP) is 7.39. The van der Waals surface area contributed by atoms with E-state index in [1.807, 2.05) is 38.9 Å². The van der Waals surface area contributed by atoms with Crippen LogP contribution in [0.1, 0.15) is 36.1 Å². The first-order valence-electron chi connectivity index (χ1n) is 12.5. The Morgan fingerprint density at radius 2 is 0.929 bits per heavy atom. The van der Waals surface area contributed by atoms with Crippen LogP contribution in [0.4, 0.5) is 0 Å². The van der Waals surface area contributed by atoms with Crippen molar-refractivity contribution in [2.24, 2.45) is 0 Å². The van der Waals surface area contributed by atoms with Crippen LogP contribution in [0.25, 0.3) is 22.3 Å². The number of hydrogen-bond acceptors (Lipinski definition) is 2. The first-order valence-corrected chi connectivity index (χ1v) is 16.5. The molecule has 0 radical (unpaired) electrons. The molecule has 0 atom stereocenters. The number of carboxylic acids is 2. The number of carbonyl (C=O) groups is 2. The Balaban J connectivity index is 0.000000548. The fraction of sp³-hybridized carbons (Fsp3) is 0.111. The van der Waals surface area contributed by atoms with Crippen molar-refractivity contribution in [2.75, 3.05) is 0 Å². The Morgan fingerprint density at radius 3 is 1.24 bits per heavy atom. The van der Waals surface area contributed by atoms with E-state index < -0.39 is 11.9 Å². The van der Waals surface area contributed by atoms with E-state index >= 15 is 0 Å². The van der Waals surface area contributed by atoms with E-state index in [9.17, 15) is 9.59 Å². The minimum absolute atomic E-state index is 0. The van der Waals surface area contributed by atoms with Crippen LogP contribution in [0.15, 0.2) is 109 Å². The molecule has 2 aliphatic carbocycles. The molecule has 0 spiro atoms. The van der Waals surface area contributed by atoms with Crippen molar-refractivity contribution in [3.8, 4) is 22.3 Å². The first kappa shape index (κ1) is 38.2. The molecular weight excluding hydrogens is 572 g/mol. The van der Waals surface area contributed by atoms with Crippen LogP contribution in [-0.4, -0.2) is 29.8 Å². The summed E-state index contributed by atoms with van der Waals surface area (Å²) in [7, 11) is 1.86. The van der Waals surface area contributed by atoms with Crippen LogP contribution in [0.2, 0.25) is 0 Å². The van der Waals surface area contributed by atoms with Crippen molar-refractivity contribution in [1.29, 1.82) is 0 Å². The minimum atomic E-state index is -0.935. The van der Waals surface area contributed by atoms with Gasteiger partial charge in [0.2, 0.25) is 0 Å². The van der Waals surface area contributed by atoms with Crippen LogP contribution in [0.3, 0.4) is 0 Å². The molecule has 4 aromatic carbocycles. The number of rotatable bonds is 2. The molecule has 0 unspecified atom stereocenters. The van der Waals surface area contributed by atoms with E-state index in [4.69, 9.17) is 10.2 Å². The van der Waals surface area contributed by atoms with Gasteiger partial charge in [-0.2, -0.15) is 59.7 Å². The summed E-state index contributed by atoms with van der Waals surface area (Å²) in [5.74, 6) is -1.87. The molecule has 0 bridgehead atoms. The van der Waals surface area contributed by atoms with Gasteiger partial charge in [-0.3, -0.25) is 0 Å². The van der Waals surface area contributed by atoms with Gasteiger partial charge in [-0.05, 0) is 26.7 Å². The van der Waals surface area contributed by atoms with Crippen LogP contribution >= 0.6 is 0 Å². The number of aliphatic carboxylic acids is 2. The van der Waals surface area contributed by atoms with Crippen molar-refractivity contribution in [3.05, 3.63) is 158 Å². The van der Waals surface area contributed by atoms with Gasteiger partial charge < -0.3 is 25.1 Å². The zero-order valence-electron chi connectivity index (χ0n) is 24.8. The Morgan fingerprint density at radius 1 is 0.643 bits per heavy atom. The van der Waals surface area contributed by atoms with Crippen molar-refractivity contribution in [1.82, 2.24) is 0 Å². The molecule has 6 heteroatoms. The SMILES string of the molecule is C=C(C)C(=O)O.C=C(C)C(=O)O.[CH3-].[CH3-].[SiH2]=[Ti].[c-]1cccc2c1Cc1ccccc1-2.[c-]1cccc2c1Cc1ccccc1-2. The van der Waals surface area contributed by atoms with Crippen molar-refractivity contribution in [3.63, 3.8) is 0 Å². The summed E-state index contributed by atoms with van der Waals surface area (Å²) in [6.45, 7) is 9.20. The van der Waals surface area contributed by atoms with E-state index in [-0.39, 0.29) is 26.0 Å². The summed E-state index contributed by atoms with van der Waals surface area (Å²) in [6.07, 6.45) is 2.10. The maximum atomic E-state index is 9.60. The van der Waals surface area contributed by atoms with Gasteiger partial charge >= 0.3 is 38.7 Å². The Kier molecular flexibility index (Phi) is 17.6. The molecule has 0 heterocycles. The molecular formula is C36H38O4SiTi-4. The van der Waals surface area contributed by atoms with E-state index in [0.717, 1.165) is 12.8 Å². The Hall–Kier alpha value is -3.77. The third kappa shape index (κ3) is 10.9. The van der Waals surface area contributed by atoms with E-state index in [1.54, 1.807) is 0 Å². The second-order valence-electron chi connectivity index (χ2n) is 8.96. The molecule has 0 fully saturated rings. The summed E-state index contributed by atoms with van der Waals surface area (Å²) < 4.78 is 0. The number of fused-ring (bicyclic) bond motifs is 6. The second kappa shape index (κ2) is 19.4. The van der Waals surface area contributed by atoms with Crippen molar-refractivity contribution in [2.45, 2.75) is 26.7 Å². The van der Waals surface area contributed by atoms with Gasteiger partial charge in [0, 0.05) is 11.1 Å². The summed E-state index contributed by atoms with van der Waals surface area (Å²) in [4.78, 5) is 19.2. The largest absolute Gasteiger partial charge is 0.179 e. The molecule has 0 aliphatic heterocycles. The van der Waals surface area contributed by atoms with Crippen molar-refractivity contribution >= 4 is 19.6 Å². The monoisotopic (exact) mass is 610 g/mol. The molecule has 2 N–H and O–H groups in total. The van der Waals surface area contributed by atoms with Crippen LogP contribution < -0.4 is 0 Å². The summed E-state index contributed by atoms with van der Waals surface area (Å²) in [6, 6.07) is 36.2. The van der Waals surface area contributed by atoms with Gasteiger partial charge in [0.05, 0.1) is 0 Å². The van der Waals surface area contributed by atoms with E-state index in [1.165, 1.54) is 58.4 Å².